The number of nitrogens with two attached hydrogens (primary N) is 1. The first kappa shape index (κ1) is 14.6. The van der Waals surface area contributed by atoms with Gasteiger partial charge in [-0.25, -0.2) is 4.39 Å². The minimum absolute atomic E-state index is 0.0467. The van der Waals surface area contributed by atoms with E-state index in [0.717, 1.165) is 0 Å². The molecule has 2 rings (SSSR count). The summed E-state index contributed by atoms with van der Waals surface area (Å²) in [5.41, 5.74) is 7.12. The van der Waals surface area contributed by atoms with Gasteiger partial charge in [0, 0.05) is 17.2 Å². The van der Waals surface area contributed by atoms with Gasteiger partial charge in [-0.2, -0.15) is 0 Å². The molecule has 0 bridgehead atoms. The maximum absolute atomic E-state index is 14.0. The van der Waals surface area contributed by atoms with Gasteiger partial charge in [-0.1, -0.05) is 23.7 Å². The fraction of sp³-hybridized carbons (Fsp3) is 0.200. The zero-order valence-corrected chi connectivity index (χ0v) is 11.9. The van der Waals surface area contributed by atoms with Crippen molar-refractivity contribution >= 4 is 11.6 Å². The van der Waals surface area contributed by atoms with Gasteiger partial charge in [-0.15, -0.1) is 0 Å². The molecule has 0 aliphatic carbocycles. The molecular formula is C15H15ClFNO2. The van der Waals surface area contributed by atoms with E-state index in [9.17, 15) is 4.39 Å². The molecule has 1 unspecified atom stereocenters. The predicted molar refractivity (Wildman–Crippen MR) is 77.0 cm³/mol. The van der Waals surface area contributed by atoms with Gasteiger partial charge < -0.3 is 15.2 Å². The van der Waals surface area contributed by atoms with Crippen molar-refractivity contribution in [2.24, 2.45) is 5.73 Å². The minimum atomic E-state index is -0.672. The van der Waals surface area contributed by atoms with Crippen molar-refractivity contribution in [3.63, 3.8) is 0 Å². The highest BCUT2D eigenvalue weighted by Crippen LogP contribution is 2.33. The molecule has 106 valence electrons. The summed E-state index contributed by atoms with van der Waals surface area (Å²) >= 11 is 5.78. The molecular weight excluding hydrogens is 281 g/mol. The fourth-order valence-electron chi connectivity index (χ4n) is 2.00. The largest absolute Gasteiger partial charge is 0.497 e. The third-order valence-corrected chi connectivity index (χ3v) is 3.38. The Hall–Kier alpha value is -1.78. The van der Waals surface area contributed by atoms with Crippen LogP contribution in [0.3, 0.4) is 0 Å². The van der Waals surface area contributed by atoms with E-state index in [0.29, 0.717) is 22.6 Å². The van der Waals surface area contributed by atoms with Crippen molar-refractivity contribution in [2.45, 2.75) is 6.04 Å². The Bertz CT molecular complexity index is 619. The van der Waals surface area contributed by atoms with Gasteiger partial charge in [0.25, 0.3) is 0 Å². The molecule has 5 heteroatoms. The summed E-state index contributed by atoms with van der Waals surface area (Å²) in [7, 11) is 3.09. The van der Waals surface area contributed by atoms with Crippen LogP contribution in [0.25, 0.3) is 0 Å². The monoisotopic (exact) mass is 295 g/mol. The highest BCUT2D eigenvalue weighted by Gasteiger charge is 2.19. The quantitative estimate of drug-likeness (QED) is 0.938. The summed E-state index contributed by atoms with van der Waals surface area (Å²) in [5.74, 6) is 0.667. The lowest BCUT2D eigenvalue weighted by molar-refractivity contribution is 0.389. The number of ether oxygens (including phenoxy) is 2. The van der Waals surface area contributed by atoms with Gasteiger partial charge in [0.05, 0.1) is 25.3 Å². The number of hydrogen-bond donors (Lipinski definition) is 1. The number of benzene rings is 2. The molecule has 0 saturated carbocycles. The van der Waals surface area contributed by atoms with E-state index in [1.807, 2.05) is 0 Å². The molecule has 20 heavy (non-hydrogen) atoms. The van der Waals surface area contributed by atoms with Gasteiger partial charge in [-0.05, 0) is 18.2 Å². The third-order valence-electron chi connectivity index (χ3n) is 3.09. The Morgan fingerprint density at radius 1 is 1.10 bits per heavy atom. The lowest BCUT2D eigenvalue weighted by atomic mass is 9.98. The first-order chi connectivity index (χ1) is 9.58. The topological polar surface area (TPSA) is 44.5 Å². The second-order valence-electron chi connectivity index (χ2n) is 4.23. The molecule has 0 aliphatic rings. The van der Waals surface area contributed by atoms with Gasteiger partial charge in [0.1, 0.15) is 17.3 Å². The highest BCUT2D eigenvalue weighted by molar-refractivity contribution is 6.30. The number of methoxy groups -OCH3 is 2. The van der Waals surface area contributed by atoms with Crippen LogP contribution in [0.1, 0.15) is 17.2 Å². The van der Waals surface area contributed by atoms with Crippen molar-refractivity contribution in [1.82, 2.24) is 0 Å². The van der Waals surface area contributed by atoms with Crippen molar-refractivity contribution in [2.75, 3.05) is 14.2 Å². The molecule has 2 aromatic rings. The van der Waals surface area contributed by atoms with E-state index in [4.69, 9.17) is 26.8 Å². The maximum Gasteiger partial charge on any atom is 0.146 e. The van der Waals surface area contributed by atoms with E-state index in [2.05, 4.69) is 0 Å². The van der Waals surface area contributed by atoms with Crippen LogP contribution in [0.5, 0.6) is 11.5 Å². The summed E-state index contributed by atoms with van der Waals surface area (Å²) in [6.45, 7) is 0. The molecule has 1 atom stereocenters. The van der Waals surface area contributed by atoms with Crippen LogP contribution in [0.2, 0.25) is 5.02 Å². The molecule has 0 aliphatic heterocycles. The van der Waals surface area contributed by atoms with Crippen LogP contribution in [0, 0.1) is 5.82 Å². The molecule has 0 heterocycles. The molecule has 0 radical (unpaired) electrons. The van der Waals surface area contributed by atoms with Crippen LogP contribution < -0.4 is 15.2 Å². The Morgan fingerprint density at radius 3 is 2.50 bits per heavy atom. The third kappa shape index (κ3) is 2.71. The van der Waals surface area contributed by atoms with Crippen molar-refractivity contribution in [1.29, 1.82) is 0 Å². The Morgan fingerprint density at radius 2 is 1.85 bits per heavy atom. The van der Waals surface area contributed by atoms with Crippen molar-refractivity contribution in [3.8, 4) is 11.5 Å². The van der Waals surface area contributed by atoms with Gasteiger partial charge >= 0.3 is 0 Å². The van der Waals surface area contributed by atoms with Crippen LogP contribution in [-0.4, -0.2) is 14.2 Å². The number of halogens is 2. The molecule has 0 fully saturated rings. The molecule has 3 nitrogen and oxygen atoms in total. The van der Waals surface area contributed by atoms with Crippen LogP contribution in [0.4, 0.5) is 4.39 Å². The summed E-state index contributed by atoms with van der Waals surface area (Å²) in [6, 6.07) is 9.29. The van der Waals surface area contributed by atoms with E-state index in [-0.39, 0.29) is 5.02 Å². The van der Waals surface area contributed by atoms with E-state index in [1.165, 1.54) is 13.2 Å². The maximum atomic E-state index is 14.0. The predicted octanol–water partition coefficient (Wildman–Crippen LogP) is 3.54. The number of rotatable bonds is 4. The Balaban J connectivity index is 2.47. The summed E-state index contributed by atoms with van der Waals surface area (Å²) in [6.07, 6.45) is 0. The van der Waals surface area contributed by atoms with Crippen LogP contribution in [0.15, 0.2) is 36.4 Å². The van der Waals surface area contributed by atoms with Crippen molar-refractivity contribution < 1.29 is 13.9 Å². The fourth-order valence-corrected chi connectivity index (χ4v) is 2.19. The molecule has 0 aromatic heterocycles. The Labute approximate surface area is 122 Å². The van der Waals surface area contributed by atoms with Gasteiger partial charge in [0.2, 0.25) is 0 Å². The lowest BCUT2D eigenvalue weighted by Crippen LogP contribution is -2.15. The minimum Gasteiger partial charge on any atom is -0.497 e. The van der Waals surface area contributed by atoms with Crippen LogP contribution >= 0.6 is 11.6 Å². The molecule has 2 N–H and O–H groups in total. The zero-order chi connectivity index (χ0) is 14.7. The van der Waals surface area contributed by atoms with E-state index < -0.39 is 11.9 Å². The van der Waals surface area contributed by atoms with Crippen LogP contribution in [-0.2, 0) is 0 Å². The second-order valence-corrected chi connectivity index (χ2v) is 4.64. The normalized spacial score (nSPS) is 12.1. The molecule has 0 saturated heterocycles. The molecule has 2 aromatic carbocycles. The van der Waals surface area contributed by atoms with Gasteiger partial charge in [-0.3, -0.25) is 0 Å². The average Bonchev–Trinajstić information content (AvgIpc) is 2.48. The SMILES string of the molecule is COc1ccc(C(N)c2cccc(Cl)c2F)c(OC)c1. The lowest BCUT2D eigenvalue weighted by Gasteiger charge is -2.18. The van der Waals surface area contributed by atoms with Crippen molar-refractivity contribution in [3.05, 3.63) is 58.4 Å². The second kappa shape index (κ2) is 6.11. The standard InChI is InChI=1S/C15H15ClFNO2/c1-19-9-6-7-10(13(8-9)20-2)15(18)11-4-3-5-12(16)14(11)17/h3-8,15H,18H2,1-2H3. The molecule has 0 spiro atoms. The number of hydrogen-bond acceptors (Lipinski definition) is 3. The summed E-state index contributed by atoms with van der Waals surface area (Å²) in [5, 5.41) is 0.0467. The molecule has 0 amide bonds. The Kier molecular flexibility index (Phi) is 4.47. The highest BCUT2D eigenvalue weighted by atomic mass is 35.5. The van der Waals surface area contributed by atoms with E-state index in [1.54, 1.807) is 37.4 Å². The van der Waals surface area contributed by atoms with E-state index >= 15 is 0 Å². The zero-order valence-electron chi connectivity index (χ0n) is 11.2. The smallest absolute Gasteiger partial charge is 0.146 e. The average molecular weight is 296 g/mol. The van der Waals surface area contributed by atoms with Gasteiger partial charge in [0.15, 0.2) is 0 Å². The summed E-state index contributed by atoms with van der Waals surface area (Å²) in [4.78, 5) is 0. The summed E-state index contributed by atoms with van der Waals surface area (Å²) < 4.78 is 24.5. The first-order valence-electron chi connectivity index (χ1n) is 6.00. The first-order valence-corrected chi connectivity index (χ1v) is 6.37.